The van der Waals surface area contributed by atoms with E-state index >= 15 is 0 Å². The Morgan fingerprint density at radius 1 is 0.315 bits per heavy atom. The van der Waals surface area contributed by atoms with Gasteiger partial charge in [0.15, 0.2) is 12.2 Å². The van der Waals surface area contributed by atoms with Crippen molar-refractivity contribution in [3.63, 3.8) is 0 Å². The second kappa shape index (κ2) is 65.9. The van der Waals surface area contributed by atoms with Gasteiger partial charge in [-0.2, -0.15) is 0 Å². The van der Waals surface area contributed by atoms with Crippen LogP contribution in [0.5, 0.6) is 0 Å². The van der Waals surface area contributed by atoms with Crippen molar-refractivity contribution in [2.45, 2.75) is 316 Å². The fourth-order valence-electron chi connectivity index (χ4n) is 9.31. The molecule has 0 aliphatic heterocycles. The molecule has 0 saturated heterocycles. The lowest BCUT2D eigenvalue weighted by Crippen LogP contribution is -2.30. The number of aliphatic hydroxyl groups is 1. The molecular formula is C73H128O17P2. The molecule has 0 aromatic heterocycles. The maximum atomic E-state index is 13.0. The van der Waals surface area contributed by atoms with E-state index in [0.29, 0.717) is 25.7 Å². The largest absolute Gasteiger partial charge is 0.472 e. The quantitative estimate of drug-likeness (QED) is 0.0169. The van der Waals surface area contributed by atoms with E-state index in [0.717, 1.165) is 180 Å². The summed E-state index contributed by atoms with van der Waals surface area (Å²) in [4.78, 5) is 72.6. The highest BCUT2D eigenvalue weighted by Gasteiger charge is 2.30. The fraction of sp³-hybridized carbons (Fsp3) is 0.753. The smallest absolute Gasteiger partial charge is 0.462 e. The molecule has 0 fully saturated rings. The zero-order chi connectivity index (χ0) is 67.5. The predicted molar refractivity (Wildman–Crippen MR) is 372 cm³/mol. The first-order chi connectivity index (χ1) is 44.7. The van der Waals surface area contributed by atoms with Crippen molar-refractivity contribution in [3.8, 4) is 0 Å². The number of carbonyl (C=O) groups excluding carboxylic acids is 4. The van der Waals surface area contributed by atoms with Gasteiger partial charge in [0, 0.05) is 25.7 Å². The molecule has 0 aromatic carbocycles. The van der Waals surface area contributed by atoms with Crippen molar-refractivity contribution >= 4 is 39.5 Å². The second-order valence-corrected chi connectivity index (χ2v) is 26.7. The normalized spacial score (nSPS) is 14.6. The predicted octanol–water partition coefficient (Wildman–Crippen LogP) is 19.9. The van der Waals surface area contributed by atoms with Crippen molar-refractivity contribution in [3.05, 3.63) is 85.1 Å². The third-order valence-electron chi connectivity index (χ3n) is 14.8. The Kier molecular flexibility index (Phi) is 63.2. The van der Waals surface area contributed by atoms with E-state index in [4.69, 9.17) is 37.0 Å². The van der Waals surface area contributed by atoms with Crippen LogP contribution in [0, 0.1) is 0 Å². The molecule has 532 valence electrons. The molecule has 5 unspecified atom stereocenters. The van der Waals surface area contributed by atoms with E-state index in [9.17, 15) is 43.2 Å². The summed E-state index contributed by atoms with van der Waals surface area (Å²) in [6, 6.07) is 0. The number of esters is 4. The lowest BCUT2D eigenvalue weighted by molar-refractivity contribution is -0.161. The third kappa shape index (κ3) is 64.9. The Labute approximate surface area is 557 Å². The number of hydrogen-bond donors (Lipinski definition) is 3. The van der Waals surface area contributed by atoms with Crippen LogP contribution in [0.4, 0.5) is 0 Å². The number of hydrogen-bond acceptors (Lipinski definition) is 15. The summed E-state index contributed by atoms with van der Waals surface area (Å²) in [5.74, 6) is -2.22. The molecule has 5 atom stereocenters. The van der Waals surface area contributed by atoms with Gasteiger partial charge < -0.3 is 33.8 Å². The summed E-state index contributed by atoms with van der Waals surface area (Å²) in [7, 11) is -9.94. The first-order valence-corrected chi connectivity index (χ1v) is 38.8. The molecule has 19 heteroatoms. The first kappa shape index (κ1) is 88.2. The van der Waals surface area contributed by atoms with Crippen molar-refractivity contribution in [2.75, 3.05) is 39.6 Å². The van der Waals surface area contributed by atoms with E-state index in [-0.39, 0.29) is 25.7 Å². The van der Waals surface area contributed by atoms with Crippen LogP contribution in [0.15, 0.2) is 85.1 Å². The molecule has 92 heavy (non-hydrogen) atoms. The van der Waals surface area contributed by atoms with E-state index < -0.39 is 97.5 Å². The summed E-state index contributed by atoms with van der Waals surface area (Å²) in [6.07, 6.45) is 64.5. The molecular weight excluding hydrogens is 1210 g/mol. The van der Waals surface area contributed by atoms with Crippen LogP contribution in [-0.2, 0) is 65.4 Å². The molecule has 0 saturated carbocycles. The zero-order valence-corrected chi connectivity index (χ0v) is 59.5. The fourth-order valence-corrected chi connectivity index (χ4v) is 10.9. The Balaban J connectivity index is 5.34. The summed E-state index contributed by atoms with van der Waals surface area (Å²) < 4.78 is 68.2. The SMILES string of the molecule is CC/C=C\C/C=C\C/C=C\CCCCCCCC(=O)OCC(COP(=O)(O)OCC(O)COP(=O)(O)OCC(COC(=O)CCCCCCC/C=C\CCCCCC)OC(=O)CCCCCCC/C=C\CCCC)OC(=O)CCCCCCC/C=C\C/C=C\CCC. The Morgan fingerprint density at radius 2 is 0.598 bits per heavy atom. The second-order valence-electron chi connectivity index (χ2n) is 23.8. The molecule has 0 bridgehead atoms. The number of rotatable bonds is 67. The van der Waals surface area contributed by atoms with Gasteiger partial charge in [0.1, 0.15) is 19.3 Å². The van der Waals surface area contributed by atoms with E-state index in [1.54, 1.807) is 0 Å². The van der Waals surface area contributed by atoms with Crippen LogP contribution >= 0.6 is 15.6 Å². The molecule has 0 heterocycles. The maximum absolute atomic E-state index is 13.0. The van der Waals surface area contributed by atoms with Crippen molar-refractivity contribution in [2.24, 2.45) is 0 Å². The highest BCUT2D eigenvalue weighted by Crippen LogP contribution is 2.45. The van der Waals surface area contributed by atoms with Crippen molar-refractivity contribution < 1.29 is 80.2 Å². The van der Waals surface area contributed by atoms with Crippen molar-refractivity contribution in [1.29, 1.82) is 0 Å². The van der Waals surface area contributed by atoms with Crippen LogP contribution in [-0.4, -0.2) is 96.7 Å². The molecule has 0 amide bonds. The van der Waals surface area contributed by atoms with Gasteiger partial charge in [-0.25, -0.2) is 9.13 Å². The van der Waals surface area contributed by atoms with Gasteiger partial charge in [-0.1, -0.05) is 228 Å². The van der Waals surface area contributed by atoms with Gasteiger partial charge >= 0.3 is 39.5 Å². The minimum absolute atomic E-state index is 0.0751. The van der Waals surface area contributed by atoms with Gasteiger partial charge in [0.25, 0.3) is 0 Å². The average molecular weight is 1340 g/mol. The van der Waals surface area contributed by atoms with E-state index in [1.165, 1.54) is 38.5 Å². The minimum atomic E-state index is -4.97. The van der Waals surface area contributed by atoms with Gasteiger partial charge in [0.2, 0.25) is 0 Å². The summed E-state index contributed by atoms with van der Waals surface area (Å²) in [6.45, 7) is 4.58. The van der Waals surface area contributed by atoms with Gasteiger partial charge in [-0.05, 0) is 128 Å². The molecule has 0 aliphatic rings. The Bertz CT molecular complexity index is 2090. The monoisotopic (exact) mass is 1340 g/mol. The maximum Gasteiger partial charge on any atom is 0.472 e. The molecule has 3 N–H and O–H groups in total. The van der Waals surface area contributed by atoms with Crippen LogP contribution in [0.1, 0.15) is 297 Å². The Morgan fingerprint density at radius 3 is 0.957 bits per heavy atom. The number of ether oxygens (including phenoxy) is 4. The van der Waals surface area contributed by atoms with Crippen LogP contribution in [0.25, 0.3) is 0 Å². The lowest BCUT2D eigenvalue weighted by atomic mass is 10.1. The highest BCUT2D eigenvalue weighted by atomic mass is 31.2. The summed E-state index contributed by atoms with van der Waals surface area (Å²) in [5.41, 5.74) is 0. The third-order valence-corrected chi connectivity index (χ3v) is 16.7. The molecule has 0 spiro atoms. The summed E-state index contributed by atoms with van der Waals surface area (Å²) >= 11 is 0. The number of allylic oxidation sites excluding steroid dienone is 14. The topological polar surface area (TPSA) is 237 Å². The van der Waals surface area contributed by atoms with Gasteiger partial charge in [0.05, 0.1) is 26.4 Å². The number of phosphoric ester groups is 2. The zero-order valence-electron chi connectivity index (χ0n) is 57.7. The molecule has 17 nitrogen and oxygen atoms in total. The average Bonchev–Trinajstić information content (AvgIpc) is 2.73. The molecule has 0 rings (SSSR count). The number of phosphoric acid groups is 2. The number of carbonyl (C=O) groups is 4. The standard InChI is InChI=1S/C73H128O17P2/c1-5-9-13-17-21-25-29-32-33-36-39-42-46-50-54-58-71(76)84-64-69(90-73(78)60-56-52-48-44-40-35-31-27-23-19-15-11-7-3)66-88-92(81,82)86-62-67(74)61-85-91(79,80)87-65-68(89-72(77)59-55-51-47-43-37-28-24-20-16-12-8-4)63-83-70(75)57-53-49-45-41-38-34-30-26-22-18-14-10-6-2/h9,13,15,19-21,24-27,30-33,67-69,74H,5-8,10-12,14,16-18,22-23,28-29,34-66H2,1-4H3,(H,79,80)(H,81,82)/b13-9-,19-15-,24-20-,25-21-,30-26-,31-27-,33-32-. The summed E-state index contributed by atoms with van der Waals surface area (Å²) in [5, 5.41) is 10.6. The van der Waals surface area contributed by atoms with Gasteiger partial charge in [-0.15, -0.1) is 0 Å². The number of unbranched alkanes of at least 4 members (excludes halogenated alkanes) is 27. The van der Waals surface area contributed by atoms with Crippen LogP contribution in [0.2, 0.25) is 0 Å². The van der Waals surface area contributed by atoms with E-state index in [1.807, 2.05) is 0 Å². The van der Waals surface area contributed by atoms with Crippen LogP contribution in [0.3, 0.4) is 0 Å². The first-order valence-electron chi connectivity index (χ1n) is 35.8. The number of aliphatic hydroxyl groups excluding tert-OH is 1. The van der Waals surface area contributed by atoms with Crippen molar-refractivity contribution in [1.82, 2.24) is 0 Å². The minimum Gasteiger partial charge on any atom is -0.462 e. The Hall–Kier alpha value is -3.76. The van der Waals surface area contributed by atoms with E-state index in [2.05, 4.69) is 113 Å². The molecule has 0 aromatic rings. The van der Waals surface area contributed by atoms with Crippen LogP contribution < -0.4 is 0 Å². The highest BCUT2D eigenvalue weighted by molar-refractivity contribution is 7.47. The van der Waals surface area contributed by atoms with Gasteiger partial charge in [-0.3, -0.25) is 37.3 Å². The molecule has 0 radical (unpaired) electrons. The molecule has 0 aliphatic carbocycles. The lowest BCUT2D eigenvalue weighted by Gasteiger charge is -2.21.